The number of nitrogen functional groups attached to an aromatic ring is 2. The Balaban J connectivity index is 2.30. The summed E-state index contributed by atoms with van der Waals surface area (Å²) in [5.74, 6) is 0.907. The molecule has 1 heterocycles. The standard InChI is InChI=1S/C10H14N4/c1-6-5-13-10(14-6)7-2-3-8(11)9(12)4-7/h2-4,6H,5,11-12H2,1H3,(H,13,14). The van der Waals surface area contributed by atoms with Gasteiger partial charge in [0.2, 0.25) is 0 Å². The molecule has 14 heavy (non-hydrogen) atoms. The third-order valence-electron chi connectivity index (χ3n) is 2.27. The van der Waals surface area contributed by atoms with Gasteiger partial charge in [0.05, 0.1) is 17.9 Å². The summed E-state index contributed by atoms with van der Waals surface area (Å²) in [6.45, 7) is 2.91. The van der Waals surface area contributed by atoms with Crippen LogP contribution in [0.5, 0.6) is 0 Å². The van der Waals surface area contributed by atoms with Gasteiger partial charge < -0.3 is 16.8 Å². The normalized spacial score (nSPS) is 20.4. The lowest BCUT2D eigenvalue weighted by Gasteiger charge is -2.07. The maximum atomic E-state index is 5.72. The number of rotatable bonds is 1. The van der Waals surface area contributed by atoms with E-state index >= 15 is 0 Å². The first-order valence-electron chi connectivity index (χ1n) is 4.63. The van der Waals surface area contributed by atoms with E-state index in [1.165, 1.54) is 0 Å². The van der Waals surface area contributed by atoms with Gasteiger partial charge in [-0.3, -0.25) is 4.99 Å². The predicted octanol–water partition coefficient (Wildman–Crippen LogP) is 0.589. The highest BCUT2D eigenvalue weighted by Crippen LogP contribution is 2.17. The van der Waals surface area contributed by atoms with Gasteiger partial charge in [-0.05, 0) is 25.1 Å². The number of aliphatic imine (C=N–C) groups is 1. The fourth-order valence-electron chi connectivity index (χ4n) is 1.45. The van der Waals surface area contributed by atoms with E-state index in [9.17, 15) is 0 Å². The van der Waals surface area contributed by atoms with E-state index in [1.54, 1.807) is 6.07 Å². The highest BCUT2D eigenvalue weighted by atomic mass is 15.1. The zero-order valence-electron chi connectivity index (χ0n) is 8.12. The molecule has 1 atom stereocenters. The van der Waals surface area contributed by atoms with Crippen molar-refractivity contribution >= 4 is 17.2 Å². The smallest absolute Gasteiger partial charge is 0.128 e. The Bertz CT molecular complexity index is 384. The van der Waals surface area contributed by atoms with Gasteiger partial charge in [-0.25, -0.2) is 0 Å². The molecule has 4 nitrogen and oxygen atoms in total. The van der Waals surface area contributed by atoms with E-state index in [-0.39, 0.29) is 0 Å². The summed E-state index contributed by atoms with van der Waals surface area (Å²) in [7, 11) is 0. The molecule has 0 bridgehead atoms. The average Bonchev–Trinajstić information content (AvgIpc) is 2.57. The molecule has 1 aliphatic rings. The lowest BCUT2D eigenvalue weighted by atomic mass is 10.1. The summed E-state index contributed by atoms with van der Waals surface area (Å²) in [4.78, 5) is 4.37. The third-order valence-corrected chi connectivity index (χ3v) is 2.27. The van der Waals surface area contributed by atoms with Crippen molar-refractivity contribution in [2.45, 2.75) is 13.0 Å². The molecular formula is C10H14N4. The Morgan fingerprint density at radius 3 is 2.71 bits per heavy atom. The molecular weight excluding hydrogens is 176 g/mol. The molecule has 1 aromatic rings. The molecule has 5 N–H and O–H groups in total. The van der Waals surface area contributed by atoms with E-state index in [4.69, 9.17) is 11.5 Å². The number of anilines is 2. The van der Waals surface area contributed by atoms with Crippen LogP contribution in [0.4, 0.5) is 11.4 Å². The van der Waals surface area contributed by atoms with Crippen molar-refractivity contribution in [3.63, 3.8) is 0 Å². The van der Waals surface area contributed by atoms with E-state index in [1.807, 2.05) is 12.1 Å². The minimum absolute atomic E-state index is 0.406. The topological polar surface area (TPSA) is 76.4 Å². The molecule has 0 amide bonds. The summed E-state index contributed by atoms with van der Waals surface area (Å²) < 4.78 is 0. The number of hydrogen-bond acceptors (Lipinski definition) is 4. The highest BCUT2D eigenvalue weighted by Gasteiger charge is 2.14. The first kappa shape index (κ1) is 8.87. The van der Waals surface area contributed by atoms with Gasteiger partial charge in [0.15, 0.2) is 0 Å². The molecule has 0 saturated heterocycles. The quantitative estimate of drug-likeness (QED) is 0.567. The lowest BCUT2D eigenvalue weighted by Crippen LogP contribution is -2.27. The van der Waals surface area contributed by atoms with Crippen LogP contribution in [0.15, 0.2) is 23.2 Å². The van der Waals surface area contributed by atoms with Crippen molar-refractivity contribution in [1.82, 2.24) is 5.32 Å². The van der Waals surface area contributed by atoms with Gasteiger partial charge in [-0.15, -0.1) is 0 Å². The molecule has 0 aromatic heterocycles. The van der Waals surface area contributed by atoms with Gasteiger partial charge in [0.25, 0.3) is 0 Å². The second-order valence-electron chi connectivity index (χ2n) is 3.58. The van der Waals surface area contributed by atoms with Crippen molar-refractivity contribution in [2.24, 2.45) is 4.99 Å². The van der Waals surface area contributed by atoms with Crippen LogP contribution in [0.3, 0.4) is 0 Å². The molecule has 74 valence electrons. The van der Waals surface area contributed by atoms with Gasteiger partial charge in [0.1, 0.15) is 5.84 Å². The first-order chi connectivity index (χ1) is 6.66. The molecule has 2 rings (SSSR count). The Hall–Kier alpha value is -1.71. The molecule has 0 fully saturated rings. The first-order valence-corrected chi connectivity index (χ1v) is 4.63. The Labute approximate surface area is 83.0 Å². The maximum Gasteiger partial charge on any atom is 0.128 e. The van der Waals surface area contributed by atoms with E-state index in [0.717, 1.165) is 17.9 Å². The zero-order chi connectivity index (χ0) is 10.1. The average molecular weight is 190 g/mol. The van der Waals surface area contributed by atoms with E-state index in [2.05, 4.69) is 17.2 Å². The minimum atomic E-state index is 0.406. The summed E-state index contributed by atoms with van der Waals surface area (Å²) in [6.07, 6.45) is 0. The molecule has 1 aromatic carbocycles. The number of nitrogens with zero attached hydrogens (tertiary/aromatic N) is 1. The number of benzene rings is 1. The van der Waals surface area contributed by atoms with Crippen LogP contribution in [0, 0.1) is 0 Å². The number of nitrogens with two attached hydrogens (primary N) is 2. The van der Waals surface area contributed by atoms with Crippen LogP contribution in [0.1, 0.15) is 12.5 Å². The molecule has 4 heteroatoms. The van der Waals surface area contributed by atoms with Crippen LogP contribution in [0.25, 0.3) is 0 Å². The Morgan fingerprint density at radius 2 is 2.14 bits per heavy atom. The van der Waals surface area contributed by atoms with Crippen LogP contribution >= 0.6 is 0 Å². The fraction of sp³-hybridized carbons (Fsp3) is 0.300. The summed E-state index contributed by atoms with van der Waals surface area (Å²) >= 11 is 0. The van der Waals surface area contributed by atoms with Crippen molar-refractivity contribution in [2.75, 3.05) is 18.0 Å². The van der Waals surface area contributed by atoms with Crippen LogP contribution in [-0.2, 0) is 0 Å². The van der Waals surface area contributed by atoms with Crippen molar-refractivity contribution < 1.29 is 0 Å². The van der Waals surface area contributed by atoms with Gasteiger partial charge in [0, 0.05) is 11.6 Å². The molecule has 0 aliphatic carbocycles. The number of nitrogens with one attached hydrogen (secondary N) is 1. The lowest BCUT2D eigenvalue weighted by molar-refractivity contribution is 0.726. The van der Waals surface area contributed by atoms with Gasteiger partial charge >= 0.3 is 0 Å². The molecule has 1 unspecified atom stereocenters. The minimum Gasteiger partial charge on any atom is -0.397 e. The number of amidine groups is 1. The van der Waals surface area contributed by atoms with E-state index < -0.39 is 0 Å². The largest absolute Gasteiger partial charge is 0.397 e. The highest BCUT2D eigenvalue weighted by molar-refractivity contribution is 6.01. The fourth-order valence-corrected chi connectivity index (χ4v) is 1.45. The van der Waals surface area contributed by atoms with Crippen LogP contribution < -0.4 is 16.8 Å². The van der Waals surface area contributed by atoms with E-state index in [0.29, 0.717) is 17.4 Å². The van der Waals surface area contributed by atoms with Gasteiger partial charge in [-0.2, -0.15) is 0 Å². The monoisotopic (exact) mass is 190 g/mol. The number of hydrogen-bond donors (Lipinski definition) is 3. The van der Waals surface area contributed by atoms with Gasteiger partial charge in [-0.1, -0.05) is 0 Å². The van der Waals surface area contributed by atoms with Crippen LogP contribution in [-0.4, -0.2) is 18.4 Å². The zero-order valence-corrected chi connectivity index (χ0v) is 8.12. The maximum absolute atomic E-state index is 5.72. The Kier molecular flexibility index (Phi) is 2.04. The third kappa shape index (κ3) is 1.51. The summed E-state index contributed by atoms with van der Waals surface area (Å²) in [5, 5.41) is 3.27. The molecule has 0 saturated carbocycles. The van der Waals surface area contributed by atoms with Crippen LogP contribution in [0.2, 0.25) is 0 Å². The van der Waals surface area contributed by atoms with Crippen molar-refractivity contribution in [3.8, 4) is 0 Å². The second-order valence-corrected chi connectivity index (χ2v) is 3.58. The summed E-state index contributed by atoms with van der Waals surface area (Å²) in [6, 6.07) is 5.98. The molecule has 1 aliphatic heterocycles. The van der Waals surface area contributed by atoms with Crippen molar-refractivity contribution in [3.05, 3.63) is 23.8 Å². The molecule has 0 radical (unpaired) electrons. The SMILES string of the molecule is CC1CN=C(c2ccc(N)c(N)c2)N1. The second kappa shape index (κ2) is 3.21. The summed E-state index contributed by atoms with van der Waals surface area (Å²) in [5.41, 5.74) is 13.6. The Morgan fingerprint density at radius 1 is 1.36 bits per heavy atom. The predicted molar refractivity (Wildman–Crippen MR) is 59.3 cm³/mol. The van der Waals surface area contributed by atoms with Crippen molar-refractivity contribution in [1.29, 1.82) is 0 Å². The molecule has 0 spiro atoms.